The molecule has 0 aliphatic carbocycles. The van der Waals surface area contributed by atoms with Gasteiger partial charge in [-0.15, -0.1) is 0 Å². The summed E-state index contributed by atoms with van der Waals surface area (Å²) in [7, 11) is -2.48. The minimum Gasteiger partial charge on any atom is -0.469 e. The monoisotopic (exact) mass is 421 g/mol. The lowest BCUT2D eigenvalue weighted by Gasteiger charge is -2.23. The Morgan fingerprint density at radius 3 is 2.14 bits per heavy atom. The molecule has 29 heavy (non-hydrogen) atoms. The van der Waals surface area contributed by atoms with Gasteiger partial charge in [0.1, 0.15) is 12.4 Å². The first-order chi connectivity index (χ1) is 13.7. The van der Waals surface area contributed by atoms with Crippen LogP contribution in [0, 0.1) is 5.92 Å². The SMILES string of the molecule is COC(=O)C(CN)C(C(=O)OCc1ccccc1)c1ccc(OS(C)(=O)=O)cc1. The number of methoxy groups -OCH3 is 1. The van der Waals surface area contributed by atoms with Crippen molar-refractivity contribution in [1.29, 1.82) is 0 Å². The molecular formula is C20H23NO7S. The zero-order valence-corrected chi connectivity index (χ0v) is 16.9. The highest BCUT2D eigenvalue weighted by Crippen LogP contribution is 2.29. The van der Waals surface area contributed by atoms with E-state index in [2.05, 4.69) is 0 Å². The Labute approximate surface area is 169 Å². The zero-order valence-electron chi connectivity index (χ0n) is 16.1. The number of ether oxygens (including phenoxy) is 2. The largest absolute Gasteiger partial charge is 0.469 e. The summed E-state index contributed by atoms with van der Waals surface area (Å²) in [5, 5.41) is 0. The molecule has 0 bridgehead atoms. The average molecular weight is 421 g/mol. The van der Waals surface area contributed by atoms with Gasteiger partial charge in [0, 0.05) is 6.54 Å². The predicted octanol–water partition coefficient (Wildman–Crippen LogP) is 1.60. The molecule has 0 saturated heterocycles. The quantitative estimate of drug-likeness (QED) is 0.479. The lowest BCUT2D eigenvalue weighted by molar-refractivity contribution is -0.156. The summed E-state index contributed by atoms with van der Waals surface area (Å²) in [6, 6.07) is 14.8. The third kappa shape index (κ3) is 6.58. The van der Waals surface area contributed by atoms with Gasteiger partial charge < -0.3 is 19.4 Å². The summed E-state index contributed by atoms with van der Waals surface area (Å²) < 4.78 is 37.5. The van der Waals surface area contributed by atoms with Gasteiger partial charge in [-0.05, 0) is 23.3 Å². The normalized spacial score (nSPS) is 13.2. The van der Waals surface area contributed by atoms with Crippen LogP contribution in [0.4, 0.5) is 0 Å². The number of rotatable bonds is 9. The topological polar surface area (TPSA) is 122 Å². The maximum atomic E-state index is 12.8. The summed E-state index contributed by atoms with van der Waals surface area (Å²) in [6.45, 7) is -0.108. The zero-order chi connectivity index (χ0) is 21.4. The van der Waals surface area contributed by atoms with Gasteiger partial charge in [-0.3, -0.25) is 9.59 Å². The summed E-state index contributed by atoms with van der Waals surface area (Å²) >= 11 is 0. The third-order valence-electron chi connectivity index (χ3n) is 4.12. The molecule has 8 nitrogen and oxygen atoms in total. The van der Waals surface area contributed by atoms with Crippen molar-refractivity contribution < 1.29 is 31.7 Å². The molecule has 0 radical (unpaired) electrons. The number of carbonyl (C=O) groups excluding carboxylic acids is 2. The van der Waals surface area contributed by atoms with Crippen LogP contribution >= 0.6 is 0 Å². The molecule has 2 atom stereocenters. The second kappa shape index (κ2) is 10.0. The molecule has 0 aromatic heterocycles. The van der Waals surface area contributed by atoms with E-state index in [1.54, 1.807) is 12.1 Å². The van der Waals surface area contributed by atoms with Crippen molar-refractivity contribution >= 4 is 22.1 Å². The fraction of sp³-hybridized carbons (Fsp3) is 0.300. The van der Waals surface area contributed by atoms with E-state index in [4.69, 9.17) is 19.4 Å². The van der Waals surface area contributed by atoms with Gasteiger partial charge in [-0.25, -0.2) is 0 Å². The molecule has 2 aromatic rings. The molecule has 0 heterocycles. The van der Waals surface area contributed by atoms with Crippen LogP contribution in [0.15, 0.2) is 54.6 Å². The molecule has 0 fully saturated rings. The molecule has 0 amide bonds. The van der Waals surface area contributed by atoms with Gasteiger partial charge in [0.2, 0.25) is 0 Å². The van der Waals surface area contributed by atoms with Crippen LogP contribution in [0.3, 0.4) is 0 Å². The van der Waals surface area contributed by atoms with E-state index in [1.807, 2.05) is 18.2 Å². The van der Waals surface area contributed by atoms with Gasteiger partial charge in [0.25, 0.3) is 0 Å². The Bertz CT molecular complexity index is 927. The lowest BCUT2D eigenvalue weighted by Crippen LogP contribution is -2.35. The summed E-state index contributed by atoms with van der Waals surface area (Å²) in [6.07, 6.45) is 0.923. The van der Waals surface area contributed by atoms with Crippen molar-refractivity contribution in [1.82, 2.24) is 0 Å². The summed E-state index contributed by atoms with van der Waals surface area (Å²) in [4.78, 5) is 25.0. The van der Waals surface area contributed by atoms with Crippen LogP contribution < -0.4 is 9.92 Å². The van der Waals surface area contributed by atoms with E-state index in [1.165, 1.54) is 31.4 Å². The number of hydrogen-bond acceptors (Lipinski definition) is 8. The highest BCUT2D eigenvalue weighted by atomic mass is 32.2. The second-order valence-corrected chi connectivity index (χ2v) is 7.87. The van der Waals surface area contributed by atoms with Gasteiger partial charge in [-0.2, -0.15) is 8.42 Å². The average Bonchev–Trinajstić information content (AvgIpc) is 2.70. The van der Waals surface area contributed by atoms with E-state index in [0.29, 0.717) is 5.56 Å². The lowest BCUT2D eigenvalue weighted by atomic mass is 9.86. The Balaban J connectivity index is 2.28. The number of carbonyl (C=O) groups is 2. The van der Waals surface area contributed by atoms with E-state index in [9.17, 15) is 18.0 Å². The Morgan fingerprint density at radius 2 is 1.62 bits per heavy atom. The minimum atomic E-state index is -3.69. The fourth-order valence-corrected chi connectivity index (χ4v) is 3.24. The van der Waals surface area contributed by atoms with Crippen molar-refractivity contribution in [2.24, 2.45) is 11.7 Å². The maximum Gasteiger partial charge on any atom is 0.314 e. The molecule has 0 saturated carbocycles. The van der Waals surface area contributed by atoms with Crippen LogP contribution in [0.5, 0.6) is 5.75 Å². The van der Waals surface area contributed by atoms with E-state index in [-0.39, 0.29) is 18.9 Å². The van der Waals surface area contributed by atoms with Crippen molar-refractivity contribution in [3.63, 3.8) is 0 Å². The summed E-state index contributed by atoms with van der Waals surface area (Å²) in [5.41, 5.74) is 6.94. The molecule has 9 heteroatoms. The van der Waals surface area contributed by atoms with Gasteiger partial charge in [-0.1, -0.05) is 42.5 Å². The number of esters is 2. The first-order valence-corrected chi connectivity index (χ1v) is 10.5. The second-order valence-electron chi connectivity index (χ2n) is 6.29. The summed E-state index contributed by atoms with van der Waals surface area (Å²) in [5.74, 6) is -3.21. The maximum absolute atomic E-state index is 12.8. The smallest absolute Gasteiger partial charge is 0.314 e. The molecule has 156 valence electrons. The Morgan fingerprint density at radius 1 is 1.00 bits per heavy atom. The molecule has 2 aromatic carbocycles. The Hall–Kier alpha value is -2.91. The number of nitrogens with two attached hydrogens (primary N) is 1. The molecular weight excluding hydrogens is 398 g/mol. The number of hydrogen-bond donors (Lipinski definition) is 1. The molecule has 0 spiro atoms. The molecule has 2 unspecified atom stereocenters. The highest BCUT2D eigenvalue weighted by Gasteiger charge is 2.36. The van der Waals surface area contributed by atoms with Gasteiger partial charge in [0.15, 0.2) is 0 Å². The Kier molecular flexibility index (Phi) is 7.74. The van der Waals surface area contributed by atoms with Crippen molar-refractivity contribution in [3.8, 4) is 5.75 Å². The van der Waals surface area contributed by atoms with Crippen molar-refractivity contribution in [2.75, 3.05) is 19.9 Å². The van der Waals surface area contributed by atoms with E-state index in [0.717, 1.165) is 11.8 Å². The van der Waals surface area contributed by atoms with Crippen LogP contribution in [-0.2, 0) is 35.8 Å². The third-order valence-corrected chi connectivity index (χ3v) is 4.62. The van der Waals surface area contributed by atoms with Crippen molar-refractivity contribution in [2.45, 2.75) is 12.5 Å². The van der Waals surface area contributed by atoms with Crippen LogP contribution in [0.2, 0.25) is 0 Å². The first kappa shape index (κ1) is 22.4. The first-order valence-electron chi connectivity index (χ1n) is 8.73. The predicted molar refractivity (Wildman–Crippen MR) is 105 cm³/mol. The van der Waals surface area contributed by atoms with Crippen LogP contribution in [-0.4, -0.2) is 40.3 Å². The fourth-order valence-electron chi connectivity index (χ4n) is 2.78. The standard InChI is InChI=1S/C20H23NO7S/c1-26-19(22)17(12-21)18(20(23)27-13-14-6-4-3-5-7-14)15-8-10-16(11-9-15)28-29(2,24)25/h3-11,17-18H,12-13,21H2,1-2H3. The van der Waals surface area contributed by atoms with Gasteiger partial charge >= 0.3 is 22.1 Å². The van der Waals surface area contributed by atoms with Crippen molar-refractivity contribution in [3.05, 3.63) is 65.7 Å². The van der Waals surface area contributed by atoms with E-state index >= 15 is 0 Å². The van der Waals surface area contributed by atoms with Crippen LogP contribution in [0.1, 0.15) is 17.0 Å². The van der Waals surface area contributed by atoms with E-state index < -0.39 is 33.9 Å². The molecule has 2 rings (SSSR count). The molecule has 0 aliphatic heterocycles. The number of benzene rings is 2. The minimum absolute atomic E-state index is 0.0317. The van der Waals surface area contributed by atoms with Crippen LogP contribution in [0.25, 0.3) is 0 Å². The van der Waals surface area contributed by atoms with Gasteiger partial charge in [0.05, 0.1) is 25.2 Å². The molecule has 2 N–H and O–H groups in total. The highest BCUT2D eigenvalue weighted by molar-refractivity contribution is 7.86. The molecule has 0 aliphatic rings.